The fourth-order valence-corrected chi connectivity index (χ4v) is 4.34. The molecule has 0 spiro atoms. The summed E-state index contributed by atoms with van der Waals surface area (Å²) in [5.41, 5.74) is 4.50. The number of hydrogen-bond donors (Lipinski definition) is 1. The van der Waals surface area contributed by atoms with Crippen LogP contribution in [0.5, 0.6) is 0 Å². The number of carbonyl (C=O) groups is 1. The Bertz CT molecular complexity index is 728. The lowest BCUT2D eigenvalue weighted by Crippen LogP contribution is -2.30. The molecule has 1 N–H and O–H groups in total. The van der Waals surface area contributed by atoms with Crippen LogP contribution in [0.25, 0.3) is 0 Å². The summed E-state index contributed by atoms with van der Waals surface area (Å²) in [5.74, 6) is 1.02. The first kappa shape index (κ1) is 20.2. The van der Waals surface area contributed by atoms with Crippen molar-refractivity contribution in [2.24, 2.45) is 0 Å². The molecule has 134 valence electrons. The van der Waals surface area contributed by atoms with Crippen molar-refractivity contribution < 1.29 is 4.79 Å². The molecule has 0 bridgehead atoms. The van der Waals surface area contributed by atoms with Crippen molar-refractivity contribution in [1.82, 2.24) is 5.32 Å². The van der Waals surface area contributed by atoms with Crippen LogP contribution < -0.4 is 5.32 Å². The number of nitrogens with one attached hydrogen (secondary N) is 1. The number of rotatable bonds is 7. The van der Waals surface area contributed by atoms with E-state index >= 15 is 0 Å². The summed E-state index contributed by atoms with van der Waals surface area (Å²) in [6.07, 6.45) is 0.858. The first-order valence-corrected chi connectivity index (χ1v) is 10.2. The van der Waals surface area contributed by atoms with Crippen LogP contribution in [0.2, 0.25) is 10.0 Å². The number of amides is 1. The Hall–Kier alpha value is -1.16. The van der Waals surface area contributed by atoms with Gasteiger partial charge >= 0.3 is 0 Å². The summed E-state index contributed by atoms with van der Waals surface area (Å²) in [4.78, 5) is 12.3. The summed E-state index contributed by atoms with van der Waals surface area (Å²) in [7, 11) is 0. The van der Waals surface area contributed by atoms with Gasteiger partial charge in [-0.15, -0.1) is 11.8 Å². The number of halogens is 2. The van der Waals surface area contributed by atoms with Crippen molar-refractivity contribution in [3.05, 3.63) is 68.7 Å². The van der Waals surface area contributed by atoms with Gasteiger partial charge in [0.1, 0.15) is 0 Å². The molecule has 0 radical (unpaired) electrons. The van der Waals surface area contributed by atoms with E-state index in [4.69, 9.17) is 23.2 Å². The van der Waals surface area contributed by atoms with Crippen LogP contribution in [0.15, 0.2) is 36.4 Å². The molecular formula is C20H23Cl2NOS. The first-order chi connectivity index (χ1) is 11.9. The number of benzene rings is 2. The lowest BCUT2D eigenvalue weighted by molar-refractivity contribution is -0.119. The number of hydrogen-bond acceptors (Lipinski definition) is 2. The molecule has 5 heteroatoms. The van der Waals surface area contributed by atoms with Crippen LogP contribution >= 0.6 is 35.0 Å². The molecule has 0 aliphatic rings. The third-order valence-corrected chi connectivity index (χ3v) is 5.75. The highest BCUT2D eigenvalue weighted by atomic mass is 35.5. The van der Waals surface area contributed by atoms with Gasteiger partial charge in [0.25, 0.3) is 0 Å². The minimum absolute atomic E-state index is 0.0278. The lowest BCUT2D eigenvalue weighted by atomic mass is 9.97. The minimum atomic E-state index is 0.0278. The van der Waals surface area contributed by atoms with Crippen LogP contribution in [0.4, 0.5) is 0 Å². The van der Waals surface area contributed by atoms with Gasteiger partial charge < -0.3 is 5.32 Å². The lowest BCUT2D eigenvalue weighted by Gasteiger charge is -2.20. The normalized spacial score (nSPS) is 12.0. The van der Waals surface area contributed by atoms with Crippen LogP contribution in [0, 0.1) is 13.8 Å². The van der Waals surface area contributed by atoms with Gasteiger partial charge in [0.05, 0.1) is 11.8 Å². The van der Waals surface area contributed by atoms with Crippen LogP contribution in [0.1, 0.15) is 41.6 Å². The average Bonchev–Trinajstić information content (AvgIpc) is 2.56. The van der Waals surface area contributed by atoms with E-state index in [1.54, 1.807) is 0 Å². The molecule has 1 amide bonds. The zero-order valence-electron chi connectivity index (χ0n) is 14.7. The summed E-state index contributed by atoms with van der Waals surface area (Å²) in [6.45, 7) is 6.25. The van der Waals surface area contributed by atoms with Crippen molar-refractivity contribution in [3.63, 3.8) is 0 Å². The van der Waals surface area contributed by atoms with Crippen LogP contribution in [-0.4, -0.2) is 11.7 Å². The van der Waals surface area contributed by atoms with Gasteiger partial charge in [0.15, 0.2) is 0 Å². The summed E-state index contributed by atoms with van der Waals surface area (Å²) >= 11 is 13.8. The second-order valence-electron chi connectivity index (χ2n) is 6.08. The Labute approximate surface area is 164 Å². The molecule has 2 aromatic carbocycles. The highest BCUT2D eigenvalue weighted by Crippen LogP contribution is 2.28. The standard InChI is InChI=1S/C20H23Cl2NOS/c1-4-19(15-9-8-13(2)10-14(15)3)23-20(24)12-25-11-16-17(21)6-5-7-18(16)22/h5-10,19H,4,11-12H2,1-3H3,(H,23,24). The van der Waals surface area contributed by atoms with E-state index in [0.717, 1.165) is 12.0 Å². The molecule has 1 unspecified atom stereocenters. The predicted molar refractivity (Wildman–Crippen MR) is 110 cm³/mol. The van der Waals surface area contributed by atoms with Gasteiger partial charge in [0.2, 0.25) is 5.91 Å². The highest BCUT2D eigenvalue weighted by Gasteiger charge is 2.15. The zero-order chi connectivity index (χ0) is 18.4. The smallest absolute Gasteiger partial charge is 0.230 e. The summed E-state index contributed by atoms with van der Waals surface area (Å²) in [5, 5.41) is 4.41. The quantitative estimate of drug-likeness (QED) is 0.612. The third-order valence-electron chi connectivity index (χ3n) is 4.09. The molecule has 0 aliphatic carbocycles. The Balaban J connectivity index is 1.92. The van der Waals surface area contributed by atoms with Gasteiger partial charge in [-0.25, -0.2) is 0 Å². The fraction of sp³-hybridized carbons (Fsp3) is 0.350. The molecular weight excluding hydrogens is 373 g/mol. The van der Waals surface area contributed by atoms with Crippen molar-refractivity contribution in [2.45, 2.75) is 39.0 Å². The van der Waals surface area contributed by atoms with Crippen LogP contribution in [0.3, 0.4) is 0 Å². The topological polar surface area (TPSA) is 29.1 Å². The number of aryl methyl sites for hydroxylation is 2. The maximum atomic E-state index is 12.3. The summed E-state index contributed by atoms with van der Waals surface area (Å²) in [6, 6.07) is 11.8. The van der Waals surface area contributed by atoms with E-state index in [0.29, 0.717) is 21.6 Å². The maximum absolute atomic E-state index is 12.3. The van der Waals surface area contributed by atoms with Gasteiger partial charge in [-0.3, -0.25) is 4.79 Å². The molecule has 0 saturated heterocycles. The van der Waals surface area contributed by atoms with E-state index in [1.165, 1.54) is 28.5 Å². The molecule has 2 nitrogen and oxygen atoms in total. The second kappa shape index (κ2) is 9.51. The minimum Gasteiger partial charge on any atom is -0.349 e. The molecule has 0 aliphatic heterocycles. The fourth-order valence-electron chi connectivity index (χ4n) is 2.77. The zero-order valence-corrected chi connectivity index (χ0v) is 17.1. The highest BCUT2D eigenvalue weighted by molar-refractivity contribution is 7.99. The van der Waals surface area contributed by atoms with E-state index < -0.39 is 0 Å². The van der Waals surface area contributed by atoms with Crippen molar-refractivity contribution in [2.75, 3.05) is 5.75 Å². The van der Waals surface area contributed by atoms with E-state index in [2.05, 4.69) is 44.3 Å². The third kappa shape index (κ3) is 5.67. The second-order valence-corrected chi connectivity index (χ2v) is 7.88. The number of carbonyl (C=O) groups excluding carboxylic acids is 1. The van der Waals surface area contributed by atoms with Crippen molar-refractivity contribution in [1.29, 1.82) is 0 Å². The molecule has 0 aromatic heterocycles. The van der Waals surface area contributed by atoms with E-state index in [1.807, 2.05) is 18.2 Å². The molecule has 0 saturated carbocycles. The molecule has 0 fully saturated rings. The van der Waals surface area contributed by atoms with Crippen molar-refractivity contribution in [3.8, 4) is 0 Å². The van der Waals surface area contributed by atoms with Gasteiger partial charge in [0, 0.05) is 15.8 Å². The summed E-state index contributed by atoms with van der Waals surface area (Å²) < 4.78 is 0. The Morgan fingerprint density at radius 3 is 2.44 bits per heavy atom. The molecule has 25 heavy (non-hydrogen) atoms. The monoisotopic (exact) mass is 395 g/mol. The van der Waals surface area contributed by atoms with Gasteiger partial charge in [-0.2, -0.15) is 0 Å². The molecule has 0 heterocycles. The molecule has 2 rings (SSSR count). The Kier molecular flexibility index (Phi) is 7.67. The maximum Gasteiger partial charge on any atom is 0.230 e. The SMILES string of the molecule is CCC(NC(=O)CSCc1c(Cl)cccc1Cl)c1ccc(C)cc1C. The molecule has 1 atom stereocenters. The Morgan fingerprint density at radius 1 is 1.16 bits per heavy atom. The first-order valence-electron chi connectivity index (χ1n) is 8.29. The van der Waals surface area contributed by atoms with Gasteiger partial charge in [-0.1, -0.05) is 60.0 Å². The van der Waals surface area contributed by atoms with Crippen LogP contribution in [-0.2, 0) is 10.5 Å². The van der Waals surface area contributed by atoms with E-state index in [9.17, 15) is 4.79 Å². The van der Waals surface area contributed by atoms with Gasteiger partial charge in [-0.05, 0) is 49.1 Å². The number of thioether (sulfide) groups is 1. The van der Waals surface area contributed by atoms with E-state index in [-0.39, 0.29) is 11.9 Å². The molecule has 2 aromatic rings. The van der Waals surface area contributed by atoms with Crippen molar-refractivity contribution >= 4 is 40.9 Å². The predicted octanol–water partition coefficient (Wildman–Crippen LogP) is 6.11. The Morgan fingerprint density at radius 2 is 1.84 bits per heavy atom. The average molecular weight is 396 g/mol. The largest absolute Gasteiger partial charge is 0.349 e.